The zero-order chi connectivity index (χ0) is 23.4. The molecule has 0 atom stereocenters. The lowest BCUT2D eigenvalue weighted by molar-refractivity contribution is 0.0951. The molecule has 1 heterocycles. The van der Waals surface area contributed by atoms with Crippen molar-refractivity contribution in [3.8, 4) is 11.3 Å². The molecule has 1 N–H and O–H groups in total. The van der Waals surface area contributed by atoms with Crippen LogP contribution in [0.2, 0.25) is 5.02 Å². The molecule has 0 aliphatic carbocycles. The molecule has 1 aromatic heterocycles. The quantitative estimate of drug-likeness (QED) is 0.420. The Morgan fingerprint density at radius 3 is 2.33 bits per heavy atom. The van der Waals surface area contributed by atoms with Crippen molar-refractivity contribution in [3.63, 3.8) is 0 Å². The molecule has 0 bridgehead atoms. The third kappa shape index (κ3) is 5.50. The van der Waals surface area contributed by atoms with E-state index in [9.17, 15) is 13.2 Å². The number of rotatable bonds is 7. The molecule has 0 saturated carbocycles. The first kappa shape index (κ1) is 22.8. The fraction of sp³-hybridized carbons (Fsp3) is 0.120. The molecule has 8 heteroatoms. The summed E-state index contributed by atoms with van der Waals surface area (Å²) in [4.78, 5) is 12.9. The number of benzene rings is 3. The molecular formula is C25H22ClN3O3S. The Bertz CT molecular complexity index is 1390. The van der Waals surface area contributed by atoms with Crippen LogP contribution in [0.3, 0.4) is 0 Å². The summed E-state index contributed by atoms with van der Waals surface area (Å²) in [6, 6.07) is 23.8. The van der Waals surface area contributed by atoms with E-state index in [1.54, 1.807) is 0 Å². The third-order valence-electron chi connectivity index (χ3n) is 5.12. The van der Waals surface area contributed by atoms with E-state index in [0.717, 1.165) is 28.6 Å². The summed E-state index contributed by atoms with van der Waals surface area (Å²) in [6.07, 6.45) is 3.00. The molecule has 0 aliphatic rings. The number of carbonyl (C=O) groups excluding carboxylic acids is 1. The van der Waals surface area contributed by atoms with Crippen molar-refractivity contribution in [2.45, 2.75) is 18.0 Å². The van der Waals surface area contributed by atoms with Crippen molar-refractivity contribution in [1.82, 2.24) is 15.1 Å². The molecule has 4 aromatic rings. The van der Waals surface area contributed by atoms with Crippen molar-refractivity contribution in [1.29, 1.82) is 0 Å². The molecule has 0 saturated heterocycles. The zero-order valence-corrected chi connectivity index (χ0v) is 19.5. The van der Waals surface area contributed by atoms with Gasteiger partial charge in [0, 0.05) is 30.1 Å². The highest BCUT2D eigenvalue weighted by Gasteiger charge is 2.17. The van der Waals surface area contributed by atoms with Gasteiger partial charge in [-0.2, -0.15) is 5.10 Å². The van der Waals surface area contributed by atoms with E-state index in [1.165, 1.54) is 18.2 Å². The molecule has 33 heavy (non-hydrogen) atoms. The van der Waals surface area contributed by atoms with Gasteiger partial charge in [0.05, 0.1) is 27.7 Å². The predicted octanol–water partition coefficient (Wildman–Crippen LogP) is 4.59. The van der Waals surface area contributed by atoms with Crippen LogP contribution in [0, 0.1) is 0 Å². The summed E-state index contributed by atoms with van der Waals surface area (Å²) in [5, 5.41) is 7.78. The van der Waals surface area contributed by atoms with Gasteiger partial charge in [-0.3, -0.25) is 9.48 Å². The van der Waals surface area contributed by atoms with E-state index >= 15 is 0 Å². The molecule has 4 rings (SSSR count). The third-order valence-corrected chi connectivity index (χ3v) is 6.56. The van der Waals surface area contributed by atoms with E-state index in [0.29, 0.717) is 6.54 Å². The highest BCUT2D eigenvalue weighted by atomic mass is 35.5. The van der Waals surface area contributed by atoms with Gasteiger partial charge in [-0.1, -0.05) is 72.3 Å². The molecule has 3 aromatic carbocycles. The number of sulfone groups is 1. The molecule has 0 aliphatic heterocycles. The summed E-state index contributed by atoms with van der Waals surface area (Å²) < 4.78 is 25.6. The van der Waals surface area contributed by atoms with Gasteiger partial charge in [0.2, 0.25) is 0 Å². The Morgan fingerprint density at radius 2 is 1.67 bits per heavy atom. The van der Waals surface area contributed by atoms with Gasteiger partial charge in [-0.15, -0.1) is 0 Å². The van der Waals surface area contributed by atoms with Gasteiger partial charge >= 0.3 is 0 Å². The van der Waals surface area contributed by atoms with Crippen LogP contribution in [-0.2, 0) is 22.9 Å². The second-order valence-electron chi connectivity index (χ2n) is 7.65. The molecule has 0 spiro atoms. The van der Waals surface area contributed by atoms with Crippen LogP contribution in [0.15, 0.2) is 90.0 Å². The van der Waals surface area contributed by atoms with Crippen LogP contribution in [0.1, 0.15) is 21.5 Å². The maximum Gasteiger partial charge on any atom is 0.253 e. The number of nitrogens with zero attached hydrogens (tertiary/aromatic N) is 2. The van der Waals surface area contributed by atoms with E-state index in [-0.39, 0.29) is 22.0 Å². The van der Waals surface area contributed by atoms with Gasteiger partial charge in [0.15, 0.2) is 9.84 Å². The number of hydrogen-bond acceptors (Lipinski definition) is 4. The monoisotopic (exact) mass is 479 g/mol. The van der Waals surface area contributed by atoms with E-state index in [1.807, 2.05) is 71.5 Å². The average Bonchev–Trinajstić information content (AvgIpc) is 3.21. The SMILES string of the molecule is CS(=O)(=O)c1ccc(Cl)c(C(=O)NCc2cn(Cc3ccccc3)nc2-c2ccccc2)c1. The standard InChI is InChI=1S/C25H22ClN3O3S/c1-33(31,32)21-12-13-23(26)22(14-21)25(30)27-15-20-17-29(16-18-8-4-2-5-9-18)28-24(20)19-10-6-3-7-11-19/h2-14,17H,15-16H2,1H3,(H,27,30). The Kier molecular flexibility index (Phi) is 6.62. The number of nitrogens with one attached hydrogen (secondary N) is 1. The van der Waals surface area contributed by atoms with Gasteiger partial charge < -0.3 is 5.32 Å². The van der Waals surface area contributed by atoms with Gasteiger partial charge in [0.1, 0.15) is 0 Å². The van der Waals surface area contributed by atoms with Gasteiger partial charge in [-0.25, -0.2) is 8.42 Å². The molecule has 168 valence electrons. The van der Waals surface area contributed by atoms with Crippen molar-refractivity contribution in [2.24, 2.45) is 0 Å². The highest BCUT2D eigenvalue weighted by Crippen LogP contribution is 2.24. The Labute approximate surface area is 197 Å². The minimum Gasteiger partial charge on any atom is -0.348 e. The largest absolute Gasteiger partial charge is 0.348 e. The minimum atomic E-state index is -3.46. The predicted molar refractivity (Wildman–Crippen MR) is 129 cm³/mol. The minimum absolute atomic E-state index is 0.0395. The van der Waals surface area contributed by atoms with E-state index in [2.05, 4.69) is 5.32 Å². The van der Waals surface area contributed by atoms with Gasteiger partial charge in [-0.05, 0) is 23.8 Å². The smallest absolute Gasteiger partial charge is 0.253 e. The first-order valence-corrected chi connectivity index (χ1v) is 12.5. The first-order chi connectivity index (χ1) is 15.8. The first-order valence-electron chi connectivity index (χ1n) is 10.2. The number of halogens is 1. The van der Waals surface area contributed by atoms with Crippen molar-refractivity contribution in [3.05, 3.63) is 107 Å². The average molecular weight is 480 g/mol. The second kappa shape index (κ2) is 9.60. The van der Waals surface area contributed by atoms with Crippen molar-refractivity contribution >= 4 is 27.3 Å². The summed E-state index contributed by atoms with van der Waals surface area (Å²) >= 11 is 6.17. The van der Waals surface area contributed by atoms with Crippen molar-refractivity contribution < 1.29 is 13.2 Å². The summed E-state index contributed by atoms with van der Waals surface area (Å²) in [5.74, 6) is -0.458. The normalized spacial score (nSPS) is 11.3. The topological polar surface area (TPSA) is 81.1 Å². The number of amides is 1. The Hall–Kier alpha value is -3.42. The number of hydrogen-bond donors (Lipinski definition) is 1. The maximum absolute atomic E-state index is 12.8. The summed E-state index contributed by atoms with van der Waals surface area (Å²) in [7, 11) is -3.46. The van der Waals surface area contributed by atoms with Crippen LogP contribution in [0.25, 0.3) is 11.3 Å². The second-order valence-corrected chi connectivity index (χ2v) is 10.1. The lowest BCUT2D eigenvalue weighted by atomic mass is 10.1. The van der Waals surface area contributed by atoms with Crippen molar-refractivity contribution in [2.75, 3.05) is 6.26 Å². The molecule has 1 amide bonds. The fourth-order valence-electron chi connectivity index (χ4n) is 3.46. The lowest BCUT2D eigenvalue weighted by Gasteiger charge is -2.09. The summed E-state index contributed by atoms with van der Waals surface area (Å²) in [6.45, 7) is 0.800. The van der Waals surface area contributed by atoms with E-state index in [4.69, 9.17) is 16.7 Å². The molecular weight excluding hydrogens is 458 g/mol. The van der Waals surface area contributed by atoms with E-state index < -0.39 is 15.7 Å². The fourth-order valence-corrected chi connectivity index (χ4v) is 4.31. The lowest BCUT2D eigenvalue weighted by Crippen LogP contribution is -2.23. The molecule has 0 radical (unpaired) electrons. The van der Waals surface area contributed by atoms with Crippen LogP contribution < -0.4 is 5.32 Å². The maximum atomic E-state index is 12.8. The van der Waals surface area contributed by atoms with Crippen LogP contribution in [0.5, 0.6) is 0 Å². The van der Waals surface area contributed by atoms with Crippen LogP contribution >= 0.6 is 11.6 Å². The summed E-state index contributed by atoms with van der Waals surface area (Å²) in [5.41, 5.74) is 3.76. The Balaban J connectivity index is 1.60. The van der Waals surface area contributed by atoms with Crippen LogP contribution in [0.4, 0.5) is 0 Å². The number of carbonyl (C=O) groups is 1. The van der Waals surface area contributed by atoms with Crippen LogP contribution in [-0.4, -0.2) is 30.4 Å². The highest BCUT2D eigenvalue weighted by molar-refractivity contribution is 7.90. The molecule has 6 nitrogen and oxygen atoms in total. The Morgan fingerprint density at radius 1 is 1.00 bits per heavy atom. The van der Waals surface area contributed by atoms with Gasteiger partial charge in [0.25, 0.3) is 5.91 Å². The molecule has 0 fully saturated rings. The molecule has 0 unspecified atom stereocenters. The zero-order valence-electron chi connectivity index (χ0n) is 17.9. The number of aromatic nitrogens is 2.